The van der Waals surface area contributed by atoms with E-state index in [4.69, 9.17) is 10.9 Å². The Balaban J connectivity index is 2.32. The Morgan fingerprint density at radius 3 is 2.85 bits per heavy atom. The van der Waals surface area contributed by atoms with Crippen LogP contribution in [0.15, 0.2) is 17.3 Å². The minimum absolute atomic E-state index is 0.114. The van der Waals surface area contributed by atoms with Gasteiger partial charge in [0.2, 0.25) is 0 Å². The van der Waals surface area contributed by atoms with Gasteiger partial charge >= 0.3 is 0 Å². The van der Waals surface area contributed by atoms with Gasteiger partial charge in [0.05, 0.1) is 5.56 Å². The lowest BCUT2D eigenvalue weighted by Crippen LogP contribution is -2.37. The molecule has 1 aromatic rings. The van der Waals surface area contributed by atoms with Crippen LogP contribution in [0, 0.1) is 12.8 Å². The van der Waals surface area contributed by atoms with E-state index >= 15 is 0 Å². The molecule has 0 aromatic carbocycles. The maximum absolute atomic E-state index is 8.93. The van der Waals surface area contributed by atoms with Crippen molar-refractivity contribution in [3.05, 3.63) is 23.4 Å². The van der Waals surface area contributed by atoms with Crippen molar-refractivity contribution in [2.45, 2.75) is 45.6 Å². The Morgan fingerprint density at radius 1 is 1.45 bits per heavy atom. The van der Waals surface area contributed by atoms with Crippen LogP contribution in [-0.2, 0) is 0 Å². The number of hydrogen-bond acceptors (Lipinski definition) is 4. The molecule has 1 fully saturated rings. The van der Waals surface area contributed by atoms with Gasteiger partial charge < -0.3 is 15.8 Å². The summed E-state index contributed by atoms with van der Waals surface area (Å²) in [7, 11) is 2.05. The van der Waals surface area contributed by atoms with E-state index in [1.54, 1.807) is 0 Å². The summed E-state index contributed by atoms with van der Waals surface area (Å²) in [4.78, 5) is 6.79. The predicted octanol–water partition coefficient (Wildman–Crippen LogP) is 2.50. The molecule has 1 aliphatic rings. The summed E-state index contributed by atoms with van der Waals surface area (Å²) in [6, 6.07) is 4.22. The quantitative estimate of drug-likeness (QED) is 0.385. The van der Waals surface area contributed by atoms with E-state index in [1.165, 1.54) is 25.7 Å². The third-order valence-corrected chi connectivity index (χ3v) is 4.19. The van der Waals surface area contributed by atoms with Crippen molar-refractivity contribution in [3.63, 3.8) is 0 Å². The van der Waals surface area contributed by atoms with Crippen molar-refractivity contribution in [3.8, 4) is 0 Å². The summed E-state index contributed by atoms with van der Waals surface area (Å²) in [5.74, 6) is 1.66. The minimum Gasteiger partial charge on any atom is -0.409 e. The molecule has 0 bridgehead atoms. The second-order valence-electron chi connectivity index (χ2n) is 5.85. The van der Waals surface area contributed by atoms with Crippen molar-refractivity contribution >= 4 is 11.7 Å². The molecule has 110 valence electrons. The molecule has 0 aliphatic heterocycles. The van der Waals surface area contributed by atoms with Crippen LogP contribution in [-0.4, -0.2) is 29.1 Å². The zero-order chi connectivity index (χ0) is 14.7. The Kier molecular flexibility index (Phi) is 4.47. The number of amidine groups is 1. The lowest BCUT2D eigenvalue weighted by Gasteiger charge is -2.35. The van der Waals surface area contributed by atoms with Gasteiger partial charge in [-0.1, -0.05) is 24.9 Å². The first-order valence-corrected chi connectivity index (χ1v) is 7.21. The molecule has 5 heteroatoms. The molecule has 0 amide bonds. The first kappa shape index (κ1) is 14.6. The lowest BCUT2D eigenvalue weighted by atomic mass is 9.86. The third kappa shape index (κ3) is 3.03. The average molecular weight is 276 g/mol. The van der Waals surface area contributed by atoms with Crippen LogP contribution in [0.4, 0.5) is 5.82 Å². The fraction of sp³-hybridized carbons (Fsp3) is 0.600. The molecule has 0 saturated heterocycles. The number of hydrogen-bond donors (Lipinski definition) is 2. The smallest absolute Gasteiger partial charge is 0.173 e. The van der Waals surface area contributed by atoms with Gasteiger partial charge in [-0.05, 0) is 37.8 Å². The zero-order valence-electron chi connectivity index (χ0n) is 12.5. The van der Waals surface area contributed by atoms with Crippen LogP contribution < -0.4 is 10.6 Å². The predicted molar refractivity (Wildman–Crippen MR) is 81.3 cm³/mol. The normalized spacial score (nSPS) is 23.6. The van der Waals surface area contributed by atoms with E-state index in [-0.39, 0.29) is 5.84 Å². The topological polar surface area (TPSA) is 74.7 Å². The fourth-order valence-electron chi connectivity index (χ4n) is 2.99. The molecule has 2 unspecified atom stereocenters. The van der Waals surface area contributed by atoms with Gasteiger partial charge in [-0.3, -0.25) is 0 Å². The standard InChI is InChI=1S/C15H24N4O/c1-10-5-4-6-12(9-10)19(3)15-13(14(16)18-20)8-7-11(2)17-15/h7-8,10,12,20H,4-6,9H2,1-3H3,(H2,16,18). The maximum Gasteiger partial charge on any atom is 0.173 e. The minimum atomic E-state index is 0.114. The number of pyridine rings is 1. The number of anilines is 1. The molecule has 0 spiro atoms. The molecule has 5 nitrogen and oxygen atoms in total. The van der Waals surface area contributed by atoms with Gasteiger partial charge in [-0.25, -0.2) is 4.98 Å². The zero-order valence-corrected chi connectivity index (χ0v) is 12.5. The van der Waals surface area contributed by atoms with Crippen molar-refractivity contribution < 1.29 is 5.21 Å². The number of nitrogens with two attached hydrogens (primary N) is 1. The Bertz CT molecular complexity index is 501. The van der Waals surface area contributed by atoms with Gasteiger partial charge in [0.1, 0.15) is 5.82 Å². The van der Waals surface area contributed by atoms with E-state index in [0.29, 0.717) is 11.6 Å². The molecule has 2 rings (SSSR count). The van der Waals surface area contributed by atoms with Gasteiger partial charge in [0, 0.05) is 18.8 Å². The largest absolute Gasteiger partial charge is 0.409 e. The van der Waals surface area contributed by atoms with Crippen LogP contribution >= 0.6 is 0 Å². The van der Waals surface area contributed by atoms with Crippen LogP contribution in [0.1, 0.15) is 43.9 Å². The van der Waals surface area contributed by atoms with Crippen molar-refractivity contribution in [1.82, 2.24) is 4.98 Å². The molecule has 2 atom stereocenters. The summed E-state index contributed by atoms with van der Waals surface area (Å²) < 4.78 is 0. The van der Waals surface area contributed by atoms with E-state index in [9.17, 15) is 0 Å². The van der Waals surface area contributed by atoms with E-state index in [0.717, 1.165) is 17.4 Å². The molecule has 1 aliphatic carbocycles. The highest BCUT2D eigenvalue weighted by atomic mass is 16.4. The number of aromatic nitrogens is 1. The van der Waals surface area contributed by atoms with Crippen molar-refractivity contribution in [2.24, 2.45) is 16.8 Å². The highest BCUT2D eigenvalue weighted by Crippen LogP contribution is 2.30. The van der Waals surface area contributed by atoms with E-state index in [1.807, 2.05) is 19.1 Å². The Labute approximate surface area is 120 Å². The first-order valence-electron chi connectivity index (χ1n) is 7.21. The van der Waals surface area contributed by atoms with Crippen LogP contribution in [0.25, 0.3) is 0 Å². The van der Waals surface area contributed by atoms with Crippen LogP contribution in [0.5, 0.6) is 0 Å². The van der Waals surface area contributed by atoms with Crippen molar-refractivity contribution in [1.29, 1.82) is 0 Å². The molecule has 1 saturated carbocycles. The molecule has 1 heterocycles. The van der Waals surface area contributed by atoms with E-state index < -0.39 is 0 Å². The number of aryl methyl sites for hydroxylation is 1. The van der Waals surface area contributed by atoms with Crippen LogP contribution in [0.2, 0.25) is 0 Å². The van der Waals surface area contributed by atoms with Crippen LogP contribution in [0.3, 0.4) is 0 Å². The number of nitrogens with zero attached hydrogens (tertiary/aromatic N) is 3. The average Bonchev–Trinajstić information content (AvgIpc) is 2.45. The Hall–Kier alpha value is -1.78. The monoisotopic (exact) mass is 276 g/mol. The van der Waals surface area contributed by atoms with Gasteiger partial charge in [0.25, 0.3) is 0 Å². The second kappa shape index (κ2) is 6.11. The molecule has 3 N–H and O–H groups in total. The summed E-state index contributed by atoms with van der Waals surface area (Å²) in [6.45, 7) is 4.25. The summed E-state index contributed by atoms with van der Waals surface area (Å²) in [5, 5.41) is 12.1. The number of rotatable bonds is 3. The van der Waals surface area contributed by atoms with Crippen molar-refractivity contribution in [2.75, 3.05) is 11.9 Å². The lowest BCUT2D eigenvalue weighted by molar-refractivity contribution is 0.318. The van der Waals surface area contributed by atoms with Gasteiger partial charge in [-0.2, -0.15) is 0 Å². The third-order valence-electron chi connectivity index (χ3n) is 4.19. The summed E-state index contributed by atoms with van der Waals surface area (Å²) in [6.07, 6.45) is 4.90. The first-order chi connectivity index (χ1) is 9.52. The van der Waals surface area contributed by atoms with Gasteiger partial charge in [-0.15, -0.1) is 0 Å². The SMILES string of the molecule is Cc1ccc(C(N)=NO)c(N(C)C2CCCC(C)C2)n1. The Morgan fingerprint density at radius 2 is 2.20 bits per heavy atom. The highest BCUT2D eigenvalue weighted by Gasteiger charge is 2.25. The maximum atomic E-state index is 8.93. The molecule has 1 aromatic heterocycles. The molecule has 0 radical (unpaired) electrons. The van der Waals surface area contributed by atoms with E-state index in [2.05, 4.69) is 29.0 Å². The number of oxime groups is 1. The van der Waals surface area contributed by atoms with Gasteiger partial charge in [0.15, 0.2) is 5.84 Å². The summed E-state index contributed by atoms with van der Waals surface area (Å²) >= 11 is 0. The fourth-order valence-corrected chi connectivity index (χ4v) is 2.99. The molecular formula is C15H24N4O. The highest BCUT2D eigenvalue weighted by molar-refractivity contribution is 6.01. The molecule has 20 heavy (non-hydrogen) atoms. The molecular weight excluding hydrogens is 252 g/mol. The summed E-state index contributed by atoms with van der Waals surface area (Å²) in [5.41, 5.74) is 7.40. The second-order valence-corrected chi connectivity index (χ2v) is 5.85.